The van der Waals surface area contributed by atoms with E-state index in [1.54, 1.807) is 0 Å². The maximum Gasteiger partial charge on any atom is 0.331 e. The lowest BCUT2D eigenvalue weighted by Gasteiger charge is -2.23. The molecule has 1 aliphatic heterocycles. The molecule has 1 saturated heterocycles. The van der Waals surface area contributed by atoms with Crippen molar-refractivity contribution in [3.8, 4) is 0 Å². The van der Waals surface area contributed by atoms with E-state index in [0.29, 0.717) is 13.2 Å². The number of fused-ring (bicyclic) bond motifs is 2. The molecule has 0 saturated carbocycles. The van der Waals surface area contributed by atoms with Gasteiger partial charge in [0, 0.05) is 18.4 Å². The number of ether oxygens (including phenoxy) is 1. The molecule has 9 heteroatoms. The van der Waals surface area contributed by atoms with Crippen molar-refractivity contribution in [1.29, 1.82) is 5.41 Å². The van der Waals surface area contributed by atoms with Crippen LogP contribution in [0.25, 0.3) is 0 Å². The van der Waals surface area contributed by atoms with E-state index in [2.05, 4.69) is 25.8 Å². The summed E-state index contributed by atoms with van der Waals surface area (Å²) in [5.74, 6) is 0.231. The number of nitrogens with one attached hydrogen (secondary N) is 4. The van der Waals surface area contributed by atoms with Gasteiger partial charge in [0.15, 0.2) is 9.92 Å². The first-order valence-corrected chi connectivity index (χ1v) is 13.7. The molecule has 5 rings (SSSR count). The van der Waals surface area contributed by atoms with Gasteiger partial charge in [-0.1, -0.05) is 36.4 Å². The Bertz CT molecular complexity index is 1260. The lowest BCUT2D eigenvalue weighted by molar-refractivity contribution is 0.157. The Morgan fingerprint density at radius 2 is 1.80 bits per heavy atom. The molecule has 184 valence electrons. The number of carbonyl (C=O) groups is 1. The number of aryl methyl sites for hydroxylation is 2. The Morgan fingerprint density at radius 3 is 2.43 bits per heavy atom. The van der Waals surface area contributed by atoms with Crippen molar-refractivity contribution < 1.29 is 13.7 Å². The normalized spacial score (nSPS) is 19.3. The number of hydrogen-bond donors (Lipinski definition) is 4. The molecule has 2 aromatic rings. The topological polar surface area (TPSA) is 116 Å². The van der Waals surface area contributed by atoms with Gasteiger partial charge in [-0.3, -0.25) is 0 Å². The molecular formula is C26H31N5O3S. The van der Waals surface area contributed by atoms with Gasteiger partial charge >= 0.3 is 6.03 Å². The van der Waals surface area contributed by atoms with Crippen LogP contribution in [0.15, 0.2) is 51.5 Å². The third-order valence-electron chi connectivity index (χ3n) is 6.72. The molecule has 35 heavy (non-hydrogen) atoms. The van der Waals surface area contributed by atoms with Crippen molar-refractivity contribution in [3.63, 3.8) is 0 Å². The summed E-state index contributed by atoms with van der Waals surface area (Å²) in [7, 11) is -3.51. The van der Waals surface area contributed by atoms with Crippen LogP contribution in [0, 0.1) is 5.41 Å². The molecule has 2 amide bonds. The molecule has 2 aliphatic carbocycles. The number of carbonyl (C=O) groups excluding carboxylic acids is 1. The average Bonchev–Trinajstić information content (AvgIpc) is 3.54. The number of hydrogen-bond acceptors (Lipinski definition) is 6. The van der Waals surface area contributed by atoms with Crippen molar-refractivity contribution >= 4 is 27.8 Å². The zero-order chi connectivity index (χ0) is 24.3. The quantitative estimate of drug-likeness (QED) is 0.452. The summed E-state index contributed by atoms with van der Waals surface area (Å²) in [4.78, 5) is 13.4. The van der Waals surface area contributed by atoms with Crippen molar-refractivity contribution in [3.05, 3.63) is 75.0 Å². The Hall–Kier alpha value is -3.33. The molecule has 4 N–H and O–H groups in total. The molecule has 0 spiro atoms. The molecule has 1 heterocycles. The highest BCUT2D eigenvalue weighted by atomic mass is 32.2. The summed E-state index contributed by atoms with van der Waals surface area (Å²) in [5, 5.41) is 14.1. The van der Waals surface area contributed by atoms with E-state index in [1.807, 2.05) is 30.3 Å². The summed E-state index contributed by atoms with van der Waals surface area (Å²) < 4.78 is 26.9. The van der Waals surface area contributed by atoms with Crippen LogP contribution in [0.5, 0.6) is 0 Å². The number of amides is 2. The number of rotatable bonds is 6. The molecular weight excluding hydrogens is 462 g/mol. The second-order valence-electron chi connectivity index (χ2n) is 9.06. The maximum absolute atomic E-state index is 14.2. The first kappa shape index (κ1) is 23.4. The van der Waals surface area contributed by atoms with Crippen LogP contribution in [0.1, 0.15) is 47.1 Å². The number of benzene rings is 2. The highest BCUT2D eigenvalue weighted by Gasteiger charge is 2.28. The third-order valence-corrected chi connectivity index (χ3v) is 8.57. The first-order chi connectivity index (χ1) is 17.1. The fraction of sp³-hybridized carbons (Fsp3) is 0.385. The second-order valence-corrected chi connectivity index (χ2v) is 11.0. The number of nitrogens with zero attached hydrogens (tertiary/aromatic N) is 1. The smallest absolute Gasteiger partial charge is 0.331 e. The monoisotopic (exact) mass is 493 g/mol. The van der Waals surface area contributed by atoms with Crippen molar-refractivity contribution in [2.75, 3.05) is 18.5 Å². The van der Waals surface area contributed by atoms with Crippen LogP contribution in [0.3, 0.4) is 0 Å². The maximum atomic E-state index is 14.2. The summed E-state index contributed by atoms with van der Waals surface area (Å²) in [6, 6.07) is 11.1. The van der Waals surface area contributed by atoms with E-state index in [9.17, 15) is 9.00 Å². The number of anilines is 1. The summed E-state index contributed by atoms with van der Waals surface area (Å²) in [6.07, 6.45) is 7.82. The van der Waals surface area contributed by atoms with Crippen molar-refractivity contribution in [2.45, 2.75) is 51.5 Å². The van der Waals surface area contributed by atoms with Crippen molar-refractivity contribution in [1.82, 2.24) is 10.0 Å². The van der Waals surface area contributed by atoms with Gasteiger partial charge in [0.1, 0.15) is 4.91 Å². The Balaban J connectivity index is 1.48. The third kappa shape index (κ3) is 4.91. The van der Waals surface area contributed by atoms with Crippen LogP contribution in [0.4, 0.5) is 10.5 Å². The van der Waals surface area contributed by atoms with Crippen molar-refractivity contribution in [2.24, 2.45) is 4.36 Å². The molecule has 1 unspecified atom stereocenters. The van der Waals surface area contributed by atoms with E-state index in [1.165, 1.54) is 22.3 Å². The lowest BCUT2D eigenvalue weighted by atomic mass is 9.99. The average molecular weight is 494 g/mol. The standard InChI is InChI=1S/C26H31N5O3S/c27-16-23(25-28-13-6-14-34-25)35(33,29-17-18-7-2-1-3-8-18)31-26(32)30-24-21-11-4-9-19(21)15-20-10-5-12-22(20)24/h1-3,7-8,15-16,27-28H,4-6,9-14,17H2,(H2,29,30,31,32,33)/b25-23-,27-16?. The molecule has 1 atom stereocenters. The molecule has 3 aliphatic rings. The highest BCUT2D eigenvalue weighted by Crippen LogP contribution is 2.38. The van der Waals surface area contributed by atoms with Gasteiger partial charge in [0.25, 0.3) is 0 Å². The van der Waals surface area contributed by atoms with Crippen LogP contribution in [-0.4, -0.2) is 29.6 Å². The van der Waals surface area contributed by atoms with Gasteiger partial charge in [-0.25, -0.2) is 18.1 Å². The van der Waals surface area contributed by atoms with Gasteiger partial charge in [0.05, 0.1) is 13.2 Å². The Labute approximate surface area is 206 Å². The highest BCUT2D eigenvalue weighted by molar-refractivity contribution is 7.96. The van der Waals surface area contributed by atoms with E-state index in [4.69, 9.17) is 10.1 Å². The van der Waals surface area contributed by atoms with E-state index in [-0.39, 0.29) is 17.3 Å². The summed E-state index contributed by atoms with van der Waals surface area (Å²) >= 11 is 0. The van der Waals surface area contributed by atoms with Crippen LogP contribution in [0.2, 0.25) is 0 Å². The van der Waals surface area contributed by atoms with Crippen LogP contribution < -0.4 is 15.4 Å². The first-order valence-electron chi connectivity index (χ1n) is 12.2. The number of allylic oxidation sites excluding steroid dienone is 1. The molecule has 0 radical (unpaired) electrons. The molecule has 0 aromatic heterocycles. The molecule has 1 fully saturated rings. The molecule has 0 bridgehead atoms. The largest absolute Gasteiger partial charge is 0.478 e. The predicted molar refractivity (Wildman–Crippen MR) is 138 cm³/mol. The minimum atomic E-state index is -3.51. The number of urea groups is 1. The zero-order valence-electron chi connectivity index (χ0n) is 19.7. The van der Waals surface area contributed by atoms with Gasteiger partial charge in [-0.2, -0.15) is 0 Å². The minimum Gasteiger partial charge on any atom is -0.478 e. The van der Waals surface area contributed by atoms with Crippen LogP contribution in [-0.2, 0) is 46.9 Å². The van der Waals surface area contributed by atoms with Gasteiger partial charge < -0.3 is 20.8 Å². The lowest BCUT2D eigenvalue weighted by Crippen LogP contribution is -2.38. The van der Waals surface area contributed by atoms with E-state index in [0.717, 1.165) is 62.4 Å². The summed E-state index contributed by atoms with van der Waals surface area (Å²) in [6.45, 7) is 1.21. The second kappa shape index (κ2) is 10.1. The summed E-state index contributed by atoms with van der Waals surface area (Å²) in [5.41, 5.74) is 6.71. The van der Waals surface area contributed by atoms with E-state index < -0.39 is 15.9 Å². The predicted octanol–water partition coefficient (Wildman–Crippen LogP) is 4.20. The molecule has 8 nitrogen and oxygen atoms in total. The Morgan fingerprint density at radius 1 is 1.09 bits per heavy atom. The Kier molecular flexibility index (Phi) is 6.77. The fourth-order valence-electron chi connectivity index (χ4n) is 5.07. The molecule has 2 aromatic carbocycles. The minimum absolute atomic E-state index is 0.0341. The SMILES string of the molecule is N=C/C(=C1\NCCCO1)S(=O)(=NCc1ccccc1)NC(=O)Nc1c2c(cc3c1CCC3)CCC2. The van der Waals surface area contributed by atoms with Gasteiger partial charge in [-0.15, -0.1) is 0 Å². The van der Waals surface area contributed by atoms with E-state index >= 15 is 0 Å². The fourth-order valence-corrected chi connectivity index (χ4v) is 6.56. The van der Waals surface area contributed by atoms with Gasteiger partial charge in [-0.05, 0) is 72.8 Å². The zero-order valence-corrected chi connectivity index (χ0v) is 20.5. The van der Waals surface area contributed by atoms with Crippen LogP contribution >= 0.6 is 0 Å². The van der Waals surface area contributed by atoms with Gasteiger partial charge in [0.2, 0.25) is 5.88 Å².